The van der Waals surface area contributed by atoms with Crippen molar-refractivity contribution in [2.24, 2.45) is 0 Å². The Morgan fingerprint density at radius 2 is 2.25 bits per heavy atom. The lowest BCUT2D eigenvalue weighted by Gasteiger charge is -2.30. The highest BCUT2D eigenvalue weighted by Gasteiger charge is 2.35. The summed E-state index contributed by atoms with van der Waals surface area (Å²) in [6.07, 6.45) is 2.14. The van der Waals surface area contributed by atoms with Crippen LogP contribution in [0.5, 0.6) is 0 Å². The minimum Gasteiger partial charge on any atom is -0.444 e. The zero-order valence-corrected chi connectivity index (χ0v) is 10.3. The predicted molar refractivity (Wildman–Crippen MR) is 62.2 cm³/mol. The zero-order chi connectivity index (χ0) is 12.3. The van der Waals surface area contributed by atoms with Crippen LogP contribution in [0.25, 0.3) is 0 Å². The molecule has 16 heavy (non-hydrogen) atoms. The highest BCUT2D eigenvalue weighted by molar-refractivity contribution is 5.69. The maximum Gasteiger partial charge on any atom is 0.410 e. The van der Waals surface area contributed by atoms with Gasteiger partial charge in [-0.3, -0.25) is 0 Å². The van der Waals surface area contributed by atoms with Crippen LogP contribution >= 0.6 is 0 Å². The van der Waals surface area contributed by atoms with Crippen molar-refractivity contribution < 1.29 is 14.6 Å². The van der Waals surface area contributed by atoms with Gasteiger partial charge in [0.05, 0.1) is 12.1 Å². The first-order valence-electron chi connectivity index (χ1n) is 5.65. The topological polar surface area (TPSA) is 49.8 Å². The van der Waals surface area contributed by atoms with Gasteiger partial charge < -0.3 is 14.7 Å². The Morgan fingerprint density at radius 1 is 1.62 bits per heavy atom. The van der Waals surface area contributed by atoms with Gasteiger partial charge in [0.1, 0.15) is 5.60 Å². The highest BCUT2D eigenvalue weighted by atomic mass is 16.6. The molecule has 0 spiro atoms. The van der Waals surface area contributed by atoms with Gasteiger partial charge in [-0.1, -0.05) is 6.08 Å². The van der Waals surface area contributed by atoms with Crippen molar-refractivity contribution in [3.8, 4) is 0 Å². The number of hydrogen-bond acceptors (Lipinski definition) is 3. The van der Waals surface area contributed by atoms with Gasteiger partial charge in [0.2, 0.25) is 0 Å². The summed E-state index contributed by atoms with van der Waals surface area (Å²) in [7, 11) is 0. The first kappa shape index (κ1) is 13.0. The predicted octanol–water partition coefficient (Wildman–Crippen LogP) is 1.93. The van der Waals surface area contributed by atoms with E-state index in [0.717, 1.165) is 12.8 Å². The molecule has 1 rings (SSSR count). The fraction of sp³-hybridized carbons (Fsp3) is 0.750. The molecule has 4 nitrogen and oxygen atoms in total. The Kier molecular flexibility index (Phi) is 3.97. The number of aliphatic hydroxyl groups is 1. The number of nitrogens with zero attached hydrogens (tertiary/aromatic N) is 1. The van der Waals surface area contributed by atoms with Crippen LogP contribution < -0.4 is 0 Å². The van der Waals surface area contributed by atoms with E-state index >= 15 is 0 Å². The van der Waals surface area contributed by atoms with Crippen LogP contribution in [0, 0.1) is 0 Å². The lowest BCUT2D eigenvalue weighted by atomic mass is 10.1. The van der Waals surface area contributed by atoms with Crippen LogP contribution in [0.3, 0.4) is 0 Å². The van der Waals surface area contributed by atoms with Crippen LogP contribution in [-0.4, -0.2) is 40.4 Å². The summed E-state index contributed by atoms with van der Waals surface area (Å²) in [4.78, 5) is 13.4. The molecule has 1 unspecified atom stereocenters. The van der Waals surface area contributed by atoms with Gasteiger partial charge in [0.15, 0.2) is 0 Å². The van der Waals surface area contributed by atoms with Gasteiger partial charge >= 0.3 is 6.09 Å². The molecule has 0 bridgehead atoms. The Labute approximate surface area is 96.9 Å². The van der Waals surface area contributed by atoms with E-state index in [1.54, 1.807) is 4.90 Å². The van der Waals surface area contributed by atoms with Crippen molar-refractivity contribution in [3.05, 3.63) is 12.7 Å². The largest absolute Gasteiger partial charge is 0.444 e. The summed E-state index contributed by atoms with van der Waals surface area (Å²) < 4.78 is 5.29. The maximum absolute atomic E-state index is 11.9. The van der Waals surface area contributed by atoms with Crippen molar-refractivity contribution in [1.29, 1.82) is 0 Å². The average molecular weight is 227 g/mol. The molecule has 0 saturated carbocycles. The summed E-state index contributed by atoms with van der Waals surface area (Å²) in [5.74, 6) is 0. The van der Waals surface area contributed by atoms with Gasteiger partial charge in [0.25, 0.3) is 0 Å². The molecule has 0 radical (unpaired) electrons. The molecule has 1 aliphatic heterocycles. The van der Waals surface area contributed by atoms with E-state index in [9.17, 15) is 9.90 Å². The van der Waals surface area contributed by atoms with Gasteiger partial charge in [-0.05, 0) is 33.6 Å². The van der Waals surface area contributed by atoms with E-state index < -0.39 is 11.7 Å². The van der Waals surface area contributed by atoms with E-state index in [-0.39, 0.29) is 12.1 Å². The number of ether oxygens (including phenoxy) is 1. The first-order valence-corrected chi connectivity index (χ1v) is 5.65. The van der Waals surface area contributed by atoms with Crippen molar-refractivity contribution >= 4 is 6.09 Å². The highest BCUT2D eigenvalue weighted by Crippen LogP contribution is 2.23. The lowest BCUT2D eigenvalue weighted by molar-refractivity contribution is 0.0114. The van der Waals surface area contributed by atoms with Crippen LogP contribution in [0.4, 0.5) is 4.79 Å². The summed E-state index contributed by atoms with van der Waals surface area (Å²) in [5, 5.41) is 9.71. The molecule has 1 saturated heterocycles. The monoisotopic (exact) mass is 227 g/mol. The summed E-state index contributed by atoms with van der Waals surface area (Å²) in [5.41, 5.74) is -0.497. The third-order valence-corrected chi connectivity index (χ3v) is 2.56. The van der Waals surface area contributed by atoms with Gasteiger partial charge in [-0.2, -0.15) is 0 Å². The van der Waals surface area contributed by atoms with Gasteiger partial charge in [-0.15, -0.1) is 6.58 Å². The van der Waals surface area contributed by atoms with Crippen molar-refractivity contribution in [2.45, 2.75) is 51.4 Å². The number of carbonyl (C=O) groups excluding carboxylic acids is 1. The Balaban J connectivity index is 2.64. The Bertz CT molecular complexity index is 270. The first-order chi connectivity index (χ1) is 7.35. The molecule has 1 heterocycles. The molecule has 0 aromatic carbocycles. The minimum atomic E-state index is -0.671. The molecule has 4 heteroatoms. The van der Waals surface area contributed by atoms with Crippen molar-refractivity contribution in [3.63, 3.8) is 0 Å². The molecule has 0 aromatic heterocycles. The maximum atomic E-state index is 11.9. The molecule has 1 N–H and O–H groups in total. The Morgan fingerprint density at radius 3 is 2.75 bits per heavy atom. The molecule has 92 valence electrons. The third kappa shape index (κ3) is 3.23. The third-order valence-electron chi connectivity index (χ3n) is 2.56. The van der Waals surface area contributed by atoms with Crippen LogP contribution in [0.2, 0.25) is 0 Å². The summed E-state index contributed by atoms with van der Waals surface area (Å²) in [6, 6.07) is -0.188. The van der Waals surface area contributed by atoms with E-state index in [2.05, 4.69) is 6.58 Å². The normalized spacial score (nSPS) is 23.0. The number of rotatable bonds is 2. The van der Waals surface area contributed by atoms with E-state index in [4.69, 9.17) is 4.74 Å². The molecule has 0 aromatic rings. The van der Waals surface area contributed by atoms with Crippen molar-refractivity contribution in [2.75, 3.05) is 6.54 Å². The van der Waals surface area contributed by atoms with Crippen LogP contribution in [0.1, 0.15) is 33.6 Å². The summed E-state index contributed by atoms with van der Waals surface area (Å²) in [6.45, 7) is 9.69. The van der Waals surface area contributed by atoms with Crippen LogP contribution in [0.15, 0.2) is 12.7 Å². The molecule has 0 aliphatic carbocycles. The molecule has 1 fully saturated rings. The van der Waals surface area contributed by atoms with Crippen LogP contribution in [-0.2, 0) is 4.74 Å². The molecule has 1 aliphatic rings. The van der Waals surface area contributed by atoms with E-state index in [1.807, 2.05) is 20.8 Å². The fourth-order valence-electron chi connectivity index (χ4n) is 1.85. The minimum absolute atomic E-state index is 0.188. The second-order valence-corrected chi connectivity index (χ2v) is 5.11. The number of carbonyl (C=O) groups is 1. The molecule has 1 amide bonds. The van der Waals surface area contributed by atoms with Crippen molar-refractivity contribution in [1.82, 2.24) is 4.90 Å². The van der Waals surface area contributed by atoms with E-state index in [0.29, 0.717) is 6.54 Å². The molecular weight excluding hydrogens is 206 g/mol. The van der Waals surface area contributed by atoms with E-state index in [1.165, 1.54) is 6.08 Å². The fourth-order valence-corrected chi connectivity index (χ4v) is 1.85. The quantitative estimate of drug-likeness (QED) is 0.733. The molecular formula is C12H21NO3. The number of amides is 1. The SMILES string of the molecule is C=CC(O)[C@H]1CCCN1C(=O)OC(C)(C)C. The zero-order valence-electron chi connectivity index (χ0n) is 10.3. The number of hydrogen-bond donors (Lipinski definition) is 1. The lowest BCUT2D eigenvalue weighted by Crippen LogP contribution is -2.44. The van der Waals surface area contributed by atoms with Gasteiger partial charge in [0, 0.05) is 6.54 Å². The second-order valence-electron chi connectivity index (χ2n) is 5.11. The average Bonchev–Trinajstić information content (AvgIpc) is 2.62. The Hall–Kier alpha value is -1.03. The number of aliphatic hydroxyl groups excluding tert-OH is 1. The molecule has 2 atom stereocenters. The standard InChI is InChI=1S/C12H21NO3/c1-5-10(14)9-7-6-8-13(9)11(15)16-12(2,3)4/h5,9-10,14H,1,6-8H2,2-4H3/t9-,10?/m1/s1. The summed E-state index contributed by atoms with van der Waals surface area (Å²) >= 11 is 0. The smallest absolute Gasteiger partial charge is 0.410 e. The second kappa shape index (κ2) is 4.87. The number of likely N-dealkylation sites (tertiary alicyclic amines) is 1. The van der Waals surface area contributed by atoms with Gasteiger partial charge in [-0.25, -0.2) is 4.79 Å².